The number of amides is 1. The van der Waals surface area contributed by atoms with E-state index in [1.165, 1.54) is 0 Å². The standard InChI is InChI=1S/C17H27N5O2/c1-13(2)17(4,12-18)19-16(23)11-22-7-5-21(6-8-22)10-15-9-14(3)24-20-15/h9,13H,5-8,10-11H2,1-4H3,(H,19,23)/t17-/m1/s1. The number of aryl methyl sites for hydroxylation is 1. The molecule has 1 aromatic heterocycles. The Labute approximate surface area is 143 Å². The molecule has 0 bridgehead atoms. The van der Waals surface area contributed by atoms with Crippen molar-refractivity contribution < 1.29 is 9.32 Å². The molecular weight excluding hydrogens is 306 g/mol. The third-order valence-electron chi connectivity index (χ3n) is 4.68. The molecule has 0 spiro atoms. The van der Waals surface area contributed by atoms with Gasteiger partial charge in [-0.15, -0.1) is 0 Å². The molecule has 2 heterocycles. The molecule has 1 N–H and O–H groups in total. The van der Waals surface area contributed by atoms with E-state index >= 15 is 0 Å². The van der Waals surface area contributed by atoms with Gasteiger partial charge >= 0.3 is 0 Å². The summed E-state index contributed by atoms with van der Waals surface area (Å²) in [6.45, 7) is 12.1. The van der Waals surface area contributed by atoms with Gasteiger partial charge in [-0.25, -0.2) is 0 Å². The fourth-order valence-electron chi connectivity index (χ4n) is 2.66. The van der Waals surface area contributed by atoms with Crippen LogP contribution in [0.25, 0.3) is 0 Å². The Hall–Kier alpha value is -1.91. The summed E-state index contributed by atoms with van der Waals surface area (Å²) in [5, 5.41) is 16.2. The Morgan fingerprint density at radius 3 is 2.54 bits per heavy atom. The normalized spacial score (nSPS) is 19.0. The highest BCUT2D eigenvalue weighted by Gasteiger charge is 2.30. The largest absolute Gasteiger partial charge is 0.361 e. The molecule has 0 unspecified atom stereocenters. The Bertz CT molecular complexity index is 598. The molecule has 7 heteroatoms. The second-order valence-corrected chi connectivity index (χ2v) is 7.00. The first-order valence-electron chi connectivity index (χ1n) is 8.41. The van der Waals surface area contributed by atoms with Crippen molar-refractivity contribution >= 4 is 5.91 Å². The van der Waals surface area contributed by atoms with Crippen LogP contribution in [0, 0.1) is 24.2 Å². The van der Waals surface area contributed by atoms with Gasteiger partial charge in [0, 0.05) is 38.8 Å². The molecular formula is C17H27N5O2. The second kappa shape index (κ2) is 7.77. The molecule has 24 heavy (non-hydrogen) atoms. The summed E-state index contributed by atoms with van der Waals surface area (Å²) in [5.74, 6) is 0.800. The molecule has 1 saturated heterocycles. The Kier molecular flexibility index (Phi) is 5.97. The van der Waals surface area contributed by atoms with E-state index in [0.717, 1.165) is 44.2 Å². The molecule has 1 aromatic rings. The van der Waals surface area contributed by atoms with E-state index in [9.17, 15) is 10.1 Å². The lowest BCUT2D eigenvalue weighted by Gasteiger charge is -2.35. The number of carbonyl (C=O) groups is 1. The molecule has 1 aliphatic heterocycles. The fraction of sp³-hybridized carbons (Fsp3) is 0.706. The summed E-state index contributed by atoms with van der Waals surface area (Å²) >= 11 is 0. The molecule has 7 nitrogen and oxygen atoms in total. The maximum Gasteiger partial charge on any atom is 0.235 e. The van der Waals surface area contributed by atoms with Crippen molar-refractivity contribution in [2.24, 2.45) is 5.92 Å². The molecule has 0 aliphatic carbocycles. The fourth-order valence-corrected chi connectivity index (χ4v) is 2.66. The lowest BCUT2D eigenvalue weighted by Crippen LogP contribution is -2.54. The summed E-state index contributed by atoms with van der Waals surface area (Å²) in [6, 6.07) is 4.16. The van der Waals surface area contributed by atoms with Crippen LogP contribution in [0.1, 0.15) is 32.2 Å². The Morgan fingerprint density at radius 1 is 1.42 bits per heavy atom. The van der Waals surface area contributed by atoms with Crippen LogP contribution in [0.5, 0.6) is 0 Å². The van der Waals surface area contributed by atoms with E-state index in [0.29, 0.717) is 6.54 Å². The van der Waals surface area contributed by atoms with Gasteiger partial charge in [0.15, 0.2) is 0 Å². The Balaban J connectivity index is 1.76. The smallest absolute Gasteiger partial charge is 0.235 e. The summed E-state index contributed by atoms with van der Waals surface area (Å²) in [5.41, 5.74) is 0.129. The highest BCUT2D eigenvalue weighted by Crippen LogP contribution is 2.15. The monoisotopic (exact) mass is 333 g/mol. The molecule has 132 valence electrons. The molecule has 1 aliphatic rings. The molecule has 0 saturated carbocycles. The SMILES string of the molecule is Cc1cc(CN2CCN(CC(=O)N[C@](C)(C#N)C(C)C)CC2)no1. The van der Waals surface area contributed by atoms with Crippen LogP contribution in [0.4, 0.5) is 0 Å². The number of piperazine rings is 1. The van der Waals surface area contributed by atoms with Crippen LogP contribution in [-0.2, 0) is 11.3 Å². The van der Waals surface area contributed by atoms with Gasteiger partial charge in [-0.2, -0.15) is 5.26 Å². The molecule has 1 atom stereocenters. The van der Waals surface area contributed by atoms with Crippen molar-refractivity contribution in [2.45, 2.75) is 39.8 Å². The quantitative estimate of drug-likeness (QED) is 0.841. The molecule has 2 rings (SSSR count). The maximum atomic E-state index is 12.2. The van der Waals surface area contributed by atoms with Crippen molar-refractivity contribution in [3.05, 3.63) is 17.5 Å². The number of hydrogen-bond donors (Lipinski definition) is 1. The molecule has 0 aromatic carbocycles. The van der Waals surface area contributed by atoms with Crippen molar-refractivity contribution in [2.75, 3.05) is 32.7 Å². The highest BCUT2D eigenvalue weighted by atomic mass is 16.5. The number of hydrogen-bond acceptors (Lipinski definition) is 6. The molecule has 0 radical (unpaired) electrons. The van der Waals surface area contributed by atoms with Crippen molar-refractivity contribution in [3.63, 3.8) is 0 Å². The summed E-state index contributed by atoms with van der Waals surface area (Å²) in [7, 11) is 0. The van der Waals surface area contributed by atoms with Crippen molar-refractivity contribution in [1.29, 1.82) is 5.26 Å². The van der Waals surface area contributed by atoms with E-state index in [2.05, 4.69) is 26.3 Å². The molecule has 1 amide bonds. The third kappa shape index (κ3) is 4.79. The van der Waals surface area contributed by atoms with Crippen LogP contribution in [0.3, 0.4) is 0 Å². The zero-order valence-electron chi connectivity index (χ0n) is 15.0. The average Bonchev–Trinajstić information content (AvgIpc) is 2.94. The summed E-state index contributed by atoms with van der Waals surface area (Å²) < 4.78 is 5.09. The number of aromatic nitrogens is 1. The van der Waals surface area contributed by atoms with Gasteiger partial charge in [0.05, 0.1) is 18.3 Å². The summed E-state index contributed by atoms with van der Waals surface area (Å²) in [6.07, 6.45) is 0. The first kappa shape index (κ1) is 18.4. The number of nitrogens with one attached hydrogen (secondary N) is 1. The van der Waals surface area contributed by atoms with E-state index < -0.39 is 5.54 Å². The van der Waals surface area contributed by atoms with Crippen LogP contribution >= 0.6 is 0 Å². The number of nitrogens with zero attached hydrogens (tertiary/aromatic N) is 4. The highest BCUT2D eigenvalue weighted by molar-refractivity contribution is 5.79. The van der Waals surface area contributed by atoms with Gasteiger partial charge < -0.3 is 9.84 Å². The topological polar surface area (TPSA) is 85.4 Å². The zero-order chi connectivity index (χ0) is 17.7. The van der Waals surface area contributed by atoms with Crippen LogP contribution in [0.2, 0.25) is 0 Å². The summed E-state index contributed by atoms with van der Waals surface area (Å²) in [4.78, 5) is 16.7. The van der Waals surface area contributed by atoms with Crippen LogP contribution in [-0.4, -0.2) is 59.1 Å². The third-order valence-corrected chi connectivity index (χ3v) is 4.68. The van der Waals surface area contributed by atoms with E-state index in [-0.39, 0.29) is 11.8 Å². The lowest BCUT2D eigenvalue weighted by atomic mass is 9.90. The lowest BCUT2D eigenvalue weighted by molar-refractivity contribution is -0.124. The van der Waals surface area contributed by atoms with Crippen LogP contribution in [0.15, 0.2) is 10.6 Å². The zero-order valence-corrected chi connectivity index (χ0v) is 15.0. The minimum absolute atomic E-state index is 0.0641. The van der Waals surface area contributed by atoms with Crippen molar-refractivity contribution in [3.8, 4) is 6.07 Å². The van der Waals surface area contributed by atoms with Gasteiger partial charge in [0.2, 0.25) is 5.91 Å². The predicted octanol–water partition coefficient (Wildman–Crippen LogP) is 1.16. The van der Waals surface area contributed by atoms with E-state index in [4.69, 9.17) is 4.52 Å². The van der Waals surface area contributed by atoms with Gasteiger partial charge in [-0.3, -0.25) is 14.6 Å². The van der Waals surface area contributed by atoms with E-state index in [1.807, 2.05) is 26.8 Å². The second-order valence-electron chi connectivity index (χ2n) is 7.00. The van der Waals surface area contributed by atoms with E-state index in [1.54, 1.807) is 6.92 Å². The Morgan fingerprint density at radius 2 is 2.04 bits per heavy atom. The van der Waals surface area contributed by atoms with Gasteiger partial charge in [0.25, 0.3) is 0 Å². The first-order valence-corrected chi connectivity index (χ1v) is 8.41. The van der Waals surface area contributed by atoms with Crippen molar-refractivity contribution in [1.82, 2.24) is 20.3 Å². The predicted molar refractivity (Wildman–Crippen MR) is 90.0 cm³/mol. The van der Waals surface area contributed by atoms with Gasteiger partial charge in [0.1, 0.15) is 11.3 Å². The molecule has 1 fully saturated rings. The minimum atomic E-state index is -0.816. The van der Waals surface area contributed by atoms with Gasteiger partial charge in [-0.05, 0) is 19.8 Å². The van der Waals surface area contributed by atoms with Crippen LogP contribution < -0.4 is 5.32 Å². The number of rotatable bonds is 6. The number of nitriles is 1. The average molecular weight is 333 g/mol. The number of carbonyl (C=O) groups excluding carboxylic acids is 1. The van der Waals surface area contributed by atoms with Gasteiger partial charge in [-0.1, -0.05) is 19.0 Å². The maximum absolute atomic E-state index is 12.2. The first-order chi connectivity index (χ1) is 11.3. The minimum Gasteiger partial charge on any atom is -0.361 e.